The average Bonchev–Trinajstić information content (AvgIpc) is 3.23. The van der Waals surface area contributed by atoms with E-state index in [2.05, 4.69) is 0 Å². The van der Waals surface area contributed by atoms with Crippen LogP contribution in [0.1, 0.15) is 21.7 Å². The predicted octanol–water partition coefficient (Wildman–Crippen LogP) is 5.78. The van der Waals surface area contributed by atoms with Crippen LogP contribution in [0.2, 0.25) is 10.0 Å². The molecular formula is C20H12Cl2O4. The number of carbonyl (C=O) groups excluding carboxylic acids is 1. The highest BCUT2D eigenvalue weighted by atomic mass is 35.5. The predicted molar refractivity (Wildman–Crippen MR) is 98.9 cm³/mol. The van der Waals surface area contributed by atoms with E-state index in [0.717, 1.165) is 0 Å². The fourth-order valence-corrected chi connectivity index (χ4v) is 3.09. The molecule has 0 bridgehead atoms. The Kier molecular flexibility index (Phi) is 4.45. The number of ether oxygens (including phenoxy) is 2. The zero-order chi connectivity index (χ0) is 18.1. The van der Waals surface area contributed by atoms with E-state index < -0.39 is 0 Å². The molecule has 26 heavy (non-hydrogen) atoms. The number of ketones is 1. The van der Waals surface area contributed by atoms with Crippen molar-refractivity contribution in [3.63, 3.8) is 0 Å². The van der Waals surface area contributed by atoms with Crippen molar-refractivity contribution in [3.05, 3.63) is 87.5 Å². The summed E-state index contributed by atoms with van der Waals surface area (Å²) in [6, 6.07) is 13.8. The van der Waals surface area contributed by atoms with Gasteiger partial charge in [0.25, 0.3) is 0 Å². The first-order chi connectivity index (χ1) is 12.6. The lowest BCUT2D eigenvalue weighted by molar-refractivity contribution is 0.101. The van der Waals surface area contributed by atoms with E-state index >= 15 is 0 Å². The van der Waals surface area contributed by atoms with Crippen LogP contribution in [0.4, 0.5) is 0 Å². The van der Waals surface area contributed by atoms with Crippen molar-refractivity contribution in [1.82, 2.24) is 0 Å². The van der Waals surface area contributed by atoms with Crippen LogP contribution < -0.4 is 9.47 Å². The highest BCUT2D eigenvalue weighted by molar-refractivity contribution is 6.35. The molecule has 0 atom stereocenters. The number of allylic oxidation sites excluding steroid dienone is 1. The minimum Gasteiger partial charge on any atom is -0.489 e. The zero-order valence-corrected chi connectivity index (χ0v) is 14.9. The minimum absolute atomic E-state index is 0.197. The molecule has 4 rings (SSSR count). The molecule has 0 aliphatic carbocycles. The third kappa shape index (κ3) is 3.21. The number of furan rings is 1. The maximum Gasteiger partial charge on any atom is 0.232 e. The van der Waals surface area contributed by atoms with Gasteiger partial charge in [-0.15, -0.1) is 0 Å². The Morgan fingerprint density at radius 1 is 1.04 bits per heavy atom. The number of benzene rings is 2. The summed E-state index contributed by atoms with van der Waals surface area (Å²) in [5.74, 6) is 1.55. The summed E-state index contributed by atoms with van der Waals surface area (Å²) in [5, 5.41) is 1.07. The maximum atomic E-state index is 12.4. The fourth-order valence-electron chi connectivity index (χ4n) is 2.59. The highest BCUT2D eigenvalue weighted by Crippen LogP contribution is 2.35. The first-order valence-electron chi connectivity index (χ1n) is 7.79. The monoisotopic (exact) mass is 386 g/mol. The van der Waals surface area contributed by atoms with Gasteiger partial charge >= 0.3 is 0 Å². The first-order valence-corrected chi connectivity index (χ1v) is 8.55. The van der Waals surface area contributed by atoms with Gasteiger partial charge in [0.2, 0.25) is 5.78 Å². The quantitative estimate of drug-likeness (QED) is 0.533. The normalized spacial score (nSPS) is 14.4. The fraction of sp³-hybridized carbons (Fsp3) is 0.0500. The van der Waals surface area contributed by atoms with Crippen molar-refractivity contribution in [2.24, 2.45) is 0 Å². The molecule has 2 aromatic carbocycles. The molecule has 1 aromatic heterocycles. The molecular weight excluding hydrogens is 375 g/mol. The minimum atomic E-state index is -0.197. The van der Waals surface area contributed by atoms with E-state index in [1.165, 1.54) is 6.26 Å². The number of rotatable bonds is 4. The second kappa shape index (κ2) is 6.90. The highest BCUT2D eigenvalue weighted by Gasteiger charge is 2.28. The zero-order valence-electron chi connectivity index (χ0n) is 13.4. The molecule has 0 amide bonds. The van der Waals surface area contributed by atoms with Crippen LogP contribution in [0.15, 0.2) is 65.0 Å². The molecule has 3 aromatic rings. The summed E-state index contributed by atoms with van der Waals surface area (Å²) in [4.78, 5) is 12.4. The van der Waals surface area contributed by atoms with Crippen LogP contribution in [0.3, 0.4) is 0 Å². The molecule has 1 aliphatic rings. The summed E-state index contributed by atoms with van der Waals surface area (Å²) >= 11 is 12.3. The van der Waals surface area contributed by atoms with E-state index in [-0.39, 0.29) is 18.1 Å². The van der Waals surface area contributed by atoms with Crippen molar-refractivity contribution in [1.29, 1.82) is 0 Å². The number of hydrogen-bond acceptors (Lipinski definition) is 4. The van der Waals surface area contributed by atoms with Crippen LogP contribution in [0, 0.1) is 0 Å². The molecule has 0 radical (unpaired) electrons. The second-order valence-electron chi connectivity index (χ2n) is 5.60. The Morgan fingerprint density at radius 2 is 1.85 bits per heavy atom. The van der Waals surface area contributed by atoms with Crippen molar-refractivity contribution in [2.75, 3.05) is 0 Å². The van der Waals surface area contributed by atoms with Crippen LogP contribution in [-0.4, -0.2) is 5.78 Å². The van der Waals surface area contributed by atoms with Gasteiger partial charge in [0, 0.05) is 27.8 Å². The molecule has 0 N–H and O–H groups in total. The Morgan fingerprint density at radius 3 is 2.58 bits per heavy atom. The number of hydrogen-bond donors (Lipinski definition) is 0. The van der Waals surface area contributed by atoms with Gasteiger partial charge in [-0.1, -0.05) is 29.3 Å². The van der Waals surface area contributed by atoms with Gasteiger partial charge in [-0.25, -0.2) is 0 Å². The summed E-state index contributed by atoms with van der Waals surface area (Å²) in [6.45, 7) is 0.209. The first kappa shape index (κ1) is 16.8. The third-order valence-corrected chi connectivity index (χ3v) is 4.61. The molecule has 2 heterocycles. The molecule has 0 saturated carbocycles. The van der Waals surface area contributed by atoms with Gasteiger partial charge in [0.1, 0.15) is 23.9 Å². The average molecular weight is 387 g/mol. The van der Waals surface area contributed by atoms with Crippen molar-refractivity contribution in [3.8, 4) is 11.5 Å². The van der Waals surface area contributed by atoms with Crippen molar-refractivity contribution >= 4 is 35.1 Å². The molecule has 1 aliphatic heterocycles. The molecule has 4 nitrogen and oxygen atoms in total. The van der Waals surface area contributed by atoms with Crippen molar-refractivity contribution in [2.45, 2.75) is 6.61 Å². The van der Waals surface area contributed by atoms with Gasteiger partial charge in [-0.3, -0.25) is 4.79 Å². The lowest BCUT2D eigenvalue weighted by Gasteiger charge is -2.10. The summed E-state index contributed by atoms with van der Waals surface area (Å²) in [5.41, 5.74) is 1.18. The molecule has 0 spiro atoms. The van der Waals surface area contributed by atoms with Gasteiger partial charge < -0.3 is 13.9 Å². The maximum absolute atomic E-state index is 12.4. The van der Waals surface area contributed by atoms with E-state index in [1.54, 1.807) is 54.6 Å². The summed E-state index contributed by atoms with van der Waals surface area (Å²) in [7, 11) is 0. The third-order valence-electron chi connectivity index (χ3n) is 3.90. The smallest absolute Gasteiger partial charge is 0.232 e. The van der Waals surface area contributed by atoms with E-state index in [1.807, 2.05) is 0 Å². The van der Waals surface area contributed by atoms with E-state index in [0.29, 0.717) is 38.4 Å². The number of Topliss-reactive ketones (excluding diaryl/α,β-unsaturated/α-hetero) is 1. The van der Waals surface area contributed by atoms with Crippen molar-refractivity contribution < 1.29 is 18.7 Å². The Bertz CT molecular complexity index is 986. The second-order valence-corrected chi connectivity index (χ2v) is 6.42. The van der Waals surface area contributed by atoms with Gasteiger partial charge in [-0.05, 0) is 36.4 Å². The van der Waals surface area contributed by atoms with Crippen LogP contribution in [0.5, 0.6) is 11.5 Å². The molecule has 0 saturated heterocycles. The molecule has 0 fully saturated rings. The van der Waals surface area contributed by atoms with E-state index in [9.17, 15) is 4.79 Å². The number of fused-ring (bicyclic) bond motifs is 1. The SMILES string of the molecule is O=C1/C(=C\c2ccco2)Oc2cc(OCc3c(Cl)cccc3Cl)ccc21. The van der Waals surface area contributed by atoms with Gasteiger partial charge in [0.15, 0.2) is 5.76 Å². The Hall–Kier alpha value is -2.69. The van der Waals surface area contributed by atoms with Crippen LogP contribution >= 0.6 is 23.2 Å². The largest absolute Gasteiger partial charge is 0.489 e. The lowest BCUT2D eigenvalue weighted by atomic mass is 10.1. The topological polar surface area (TPSA) is 48.7 Å². The van der Waals surface area contributed by atoms with Gasteiger partial charge in [-0.2, -0.15) is 0 Å². The lowest BCUT2D eigenvalue weighted by Crippen LogP contribution is -1.98. The molecule has 130 valence electrons. The van der Waals surface area contributed by atoms with Gasteiger partial charge in [0.05, 0.1) is 11.8 Å². The summed E-state index contributed by atoms with van der Waals surface area (Å²) in [6.07, 6.45) is 3.09. The van der Waals surface area contributed by atoms with Crippen LogP contribution in [-0.2, 0) is 6.61 Å². The molecule has 6 heteroatoms. The summed E-state index contributed by atoms with van der Waals surface area (Å²) < 4.78 is 16.6. The number of carbonyl (C=O) groups is 1. The Labute approximate surface area is 159 Å². The Balaban J connectivity index is 1.54. The number of halogens is 2. The molecule has 0 unspecified atom stereocenters. The van der Waals surface area contributed by atoms with Crippen LogP contribution in [0.25, 0.3) is 6.08 Å². The van der Waals surface area contributed by atoms with E-state index in [4.69, 9.17) is 37.1 Å². The standard InChI is InChI=1S/C20H12Cl2O4/c21-16-4-1-5-17(22)15(16)11-25-13-6-7-14-18(9-13)26-19(20(14)23)10-12-3-2-8-24-12/h1-10H,11H2/b19-10+.